The zero-order chi connectivity index (χ0) is 19.3. The number of aryl methyl sites for hydroxylation is 1. The largest absolute Gasteiger partial charge is 0.496 e. The Kier molecular flexibility index (Phi) is 5.88. The maximum Gasteiger partial charge on any atom is 0.228 e. The lowest BCUT2D eigenvalue weighted by Crippen LogP contribution is -2.27. The first-order valence-electron chi connectivity index (χ1n) is 8.46. The van der Waals surface area contributed by atoms with E-state index in [0.717, 1.165) is 16.7 Å². The summed E-state index contributed by atoms with van der Waals surface area (Å²) in [6.07, 6.45) is 0.301. The molecule has 1 N–H and O–H groups in total. The lowest BCUT2D eigenvalue weighted by atomic mass is 10.2. The van der Waals surface area contributed by atoms with Gasteiger partial charge in [0, 0.05) is 13.0 Å². The number of para-hydroxylation sites is 1. The van der Waals surface area contributed by atoms with E-state index in [-0.39, 0.29) is 12.3 Å². The third-order valence-electron chi connectivity index (χ3n) is 3.95. The van der Waals surface area contributed by atoms with Gasteiger partial charge < -0.3 is 9.26 Å². The Morgan fingerprint density at radius 2 is 1.85 bits per heavy atom. The van der Waals surface area contributed by atoms with Crippen LogP contribution in [0.15, 0.2) is 53.1 Å². The third-order valence-corrected chi connectivity index (χ3v) is 5.31. The Balaban J connectivity index is 1.58. The molecule has 142 valence electrons. The Labute approximate surface area is 158 Å². The van der Waals surface area contributed by atoms with Gasteiger partial charge in [0.05, 0.1) is 18.4 Å². The lowest BCUT2D eigenvalue weighted by Gasteiger charge is -2.06. The van der Waals surface area contributed by atoms with Crippen molar-refractivity contribution >= 4 is 10.0 Å². The molecule has 1 aromatic heterocycles. The maximum atomic E-state index is 12.2. The smallest absolute Gasteiger partial charge is 0.228 e. The fourth-order valence-electron chi connectivity index (χ4n) is 2.56. The molecule has 0 fully saturated rings. The second kappa shape index (κ2) is 8.32. The fraction of sp³-hybridized carbons (Fsp3) is 0.263. The van der Waals surface area contributed by atoms with Gasteiger partial charge >= 0.3 is 0 Å². The third kappa shape index (κ3) is 5.15. The van der Waals surface area contributed by atoms with Crippen LogP contribution < -0.4 is 9.46 Å². The van der Waals surface area contributed by atoms with Crippen molar-refractivity contribution in [3.05, 3.63) is 65.5 Å². The molecule has 0 amide bonds. The number of sulfonamides is 1. The summed E-state index contributed by atoms with van der Waals surface area (Å²) < 4.78 is 37.4. The molecule has 0 bridgehead atoms. The predicted octanol–water partition coefficient (Wildman–Crippen LogP) is 2.72. The monoisotopic (exact) mass is 387 g/mol. The van der Waals surface area contributed by atoms with Gasteiger partial charge in [-0.05, 0) is 24.6 Å². The highest BCUT2D eigenvalue weighted by Crippen LogP contribution is 2.27. The molecular weight excluding hydrogens is 366 g/mol. The number of methoxy groups -OCH3 is 1. The number of hydrogen-bond donors (Lipinski definition) is 1. The van der Waals surface area contributed by atoms with E-state index in [0.29, 0.717) is 23.9 Å². The first kappa shape index (κ1) is 19.1. The Morgan fingerprint density at radius 1 is 1.11 bits per heavy atom. The molecule has 0 saturated heterocycles. The fourth-order valence-corrected chi connectivity index (χ4v) is 3.71. The summed E-state index contributed by atoms with van der Waals surface area (Å²) in [5, 5.41) is 3.94. The summed E-state index contributed by atoms with van der Waals surface area (Å²) in [5.41, 5.74) is 2.55. The SMILES string of the molecule is COc1ccccc1-c1noc(CCNS(=O)(=O)Cc2ccc(C)cc2)n1. The molecule has 3 aromatic rings. The van der Waals surface area contributed by atoms with Crippen molar-refractivity contribution in [1.29, 1.82) is 0 Å². The maximum absolute atomic E-state index is 12.2. The Morgan fingerprint density at radius 3 is 2.59 bits per heavy atom. The molecule has 2 aromatic carbocycles. The average Bonchev–Trinajstić information content (AvgIpc) is 3.12. The summed E-state index contributed by atoms with van der Waals surface area (Å²) in [7, 11) is -1.86. The van der Waals surface area contributed by atoms with Gasteiger partial charge in [-0.1, -0.05) is 47.1 Å². The van der Waals surface area contributed by atoms with Crippen molar-refractivity contribution in [1.82, 2.24) is 14.9 Å². The molecule has 27 heavy (non-hydrogen) atoms. The number of hydrogen-bond acceptors (Lipinski definition) is 6. The van der Waals surface area contributed by atoms with E-state index in [1.54, 1.807) is 7.11 Å². The molecule has 0 aliphatic carbocycles. The second-order valence-corrected chi connectivity index (χ2v) is 7.91. The Hall–Kier alpha value is -2.71. The van der Waals surface area contributed by atoms with Crippen LogP contribution in [0.1, 0.15) is 17.0 Å². The van der Waals surface area contributed by atoms with Gasteiger partial charge in [0.2, 0.25) is 21.7 Å². The van der Waals surface area contributed by atoms with Gasteiger partial charge in [-0.15, -0.1) is 0 Å². The number of nitrogens with zero attached hydrogens (tertiary/aromatic N) is 2. The number of benzene rings is 2. The summed E-state index contributed by atoms with van der Waals surface area (Å²) >= 11 is 0. The highest BCUT2D eigenvalue weighted by Gasteiger charge is 2.15. The molecule has 0 radical (unpaired) electrons. The minimum Gasteiger partial charge on any atom is -0.496 e. The zero-order valence-electron chi connectivity index (χ0n) is 15.2. The molecule has 7 nitrogen and oxygen atoms in total. The van der Waals surface area contributed by atoms with Crippen molar-refractivity contribution in [2.75, 3.05) is 13.7 Å². The van der Waals surface area contributed by atoms with E-state index in [2.05, 4.69) is 14.9 Å². The van der Waals surface area contributed by atoms with E-state index in [1.165, 1.54) is 0 Å². The number of aromatic nitrogens is 2. The van der Waals surface area contributed by atoms with Crippen LogP contribution in [0.4, 0.5) is 0 Å². The molecule has 3 rings (SSSR count). The lowest BCUT2D eigenvalue weighted by molar-refractivity contribution is 0.378. The first-order chi connectivity index (χ1) is 13.0. The summed E-state index contributed by atoms with van der Waals surface area (Å²) in [5.74, 6) is 1.34. The van der Waals surface area contributed by atoms with Gasteiger partial charge in [0.25, 0.3) is 0 Å². The molecule has 8 heteroatoms. The highest BCUT2D eigenvalue weighted by molar-refractivity contribution is 7.88. The highest BCUT2D eigenvalue weighted by atomic mass is 32.2. The van der Waals surface area contributed by atoms with Crippen molar-refractivity contribution in [2.45, 2.75) is 19.1 Å². The van der Waals surface area contributed by atoms with Gasteiger partial charge in [-0.3, -0.25) is 0 Å². The number of rotatable bonds is 8. The van der Waals surface area contributed by atoms with Crippen molar-refractivity contribution in [3.63, 3.8) is 0 Å². The van der Waals surface area contributed by atoms with Crippen molar-refractivity contribution in [2.24, 2.45) is 0 Å². The average molecular weight is 387 g/mol. The molecule has 0 aliphatic heterocycles. The molecule has 0 saturated carbocycles. The van der Waals surface area contributed by atoms with E-state index < -0.39 is 10.0 Å². The predicted molar refractivity (Wildman–Crippen MR) is 102 cm³/mol. The molecule has 0 atom stereocenters. The minimum absolute atomic E-state index is 0.0659. The summed E-state index contributed by atoms with van der Waals surface area (Å²) in [4.78, 5) is 4.31. The number of ether oxygens (including phenoxy) is 1. The first-order valence-corrected chi connectivity index (χ1v) is 10.1. The van der Waals surface area contributed by atoms with Crippen LogP contribution in [-0.4, -0.2) is 32.2 Å². The Bertz CT molecular complexity index is 998. The van der Waals surface area contributed by atoms with Crippen LogP contribution in [0.3, 0.4) is 0 Å². The molecular formula is C19H21N3O4S. The normalized spacial score (nSPS) is 11.5. The van der Waals surface area contributed by atoms with Gasteiger partial charge in [-0.25, -0.2) is 13.1 Å². The van der Waals surface area contributed by atoms with Crippen LogP contribution in [-0.2, 0) is 22.2 Å². The van der Waals surface area contributed by atoms with Crippen LogP contribution in [0.5, 0.6) is 5.75 Å². The van der Waals surface area contributed by atoms with Gasteiger partial charge in [0.1, 0.15) is 5.75 Å². The second-order valence-electron chi connectivity index (χ2n) is 6.10. The van der Waals surface area contributed by atoms with Crippen molar-refractivity contribution in [3.8, 4) is 17.1 Å². The van der Waals surface area contributed by atoms with Gasteiger partial charge in [0.15, 0.2) is 0 Å². The van der Waals surface area contributed by atoms with Gasteiger partial charge in [-0.2, -0.15) is 4.98 Å². The van der Waals surface area contributed by atoms with E-state index in [4.69, 9.17) is 9.26 Å². The quantitative estimate of drug-likeness (QED) is 0.639. The molecule has 0 spiro atoms. The van der Waals surface area contributed by atoms with Crippen molar-refractivity contribution < 1.29 is 17.7 Å². The summed E-state index contributed by atoms with van der Waals surface area (Å²) in [6, 6.07) is 14.8. The zero-order valence-corrected chi connectivity index (χ0v) is 16.0. The summed E-state index contributed by atoms with van der Waals surface area (Å²) in [6.45, 7) is 2.14. The van der Waals surface area contributed by atoms with Crippen LogP contribution >= 0.6 is 0 Å². The van der Waals surface area contributed by atoms with E-state index >= 15 is 0 Å². The van der Waals surface area contributed by atoms with Crippen LogP contribution in [0, 0.1) is 6.92 Å². The standard InChI is InChI=1S/C19H21N3O4S/c1-14-7-9-15(10-8-14)13-27(23,24)20-12-11-18-21-19(22-26-18)16-5-3-4-6-17(16)25-2/h3-10,20H,11-13H2,1-2H3. The van der Waals surface area contributed by atoms with E-state index in [9.17, 15) is 8.42 Å². The molecule has 0 aliphatic rings. The van der Waals surface area contributed by atoms with E-state index in [1.807, 2.05) is 55.5 Å². The molecule has 0 unspecified atom stereocenters. The topological polar surface area (TPSA) is 94.3 Å². The number of nitrogens with one attached hydrogen (secondary N) is 1. The van der Waals surface area contributed by atoms with Crippen LogP contribution in [0.25, 0.3) is 11.4 Å². The molecule has 1 heterocycles. The minimum atomic E-state index is -3.43. The van der Waals surface area contributed by atoms with Crippen LogP contribution in [0.2, 0.25) is 0 Å².